The summed E-state index contributed by atoms with van der Waals surface area (Å²) >= 11 is 6.17. The van der Waals surface area contributed by atoms with Crippen LogP contribution in [0.25, 0.3) is 0 Å². The van der Waals surface area contributed by atoms with Gasteiger partial charge < -0.3 is 10.2 Å². The lowest BCUT2D eigenvalue weighted by molar-refractivity contribution is 0.320. The van der Waals surface area contributed by atoms with Gasteiger partial charge in [0.1, 0.15) is 18.0 Å². The van der Waals surface area contributed by atoms with Crippen LogP contribution in [-0.4, -0.2) is 29.6 Å². The molecule has 0 radical (unpaired) electrons. The Bertz CT molecular complexity index is 878. The summed E-state index contributed by atoms with van der Waals surface area (Å²) in [5.41, 5.74) is 3.89. The van der Waals surface area contributed by atoms with Crippen molar-refractivity contribution in [2.75, 3.05) is 24.5 Å². The maximum atomic E-state index is 15.2. The van der Waals surface area contributed by atoms with Crippen molar-refractivity contribution in [3.05, 3.63) is 46.1 Å². The number of piperidine rings is 1. The smallest absolute Gasteiger partial charge is 0.147 e. The van der Waals surface area contributed by atoms with E-state index in [9.17, 15) is 0 Å². The molecular formula is C20H22ClFN4. The fourth-order valence-electron chi connectivity index (χ4n) is 5.08. The van der Waals surface area contributed by atoms with Gasteiger partial charge in [0.15, 0.2) is 0 Å². The Labute approximate surface area is 157 Å². The van der Waals surface area contributed by atoms with Crippen LogP contribution in [0.15, 0.2) is 18.5 Å². The third kappa shape index (κ3) is 2.23. The summed E-state index contributed by atoms with van der Waals surface area (Å²) in [5.74, 6) is 1.14. The van der Waals surface area contributed by atoms with E-state index in [0.717, 1.165) is 68.1 Å². The molecule has 1 saturated heterocycles. The summed E-state index contributed by atoms with van der Waals surface area (Å²) in [4.78, 5) is 11.4. The van der Waals surface area contributed by atoms with E-state index < -0.39 is 0 Å². The molecule has 2 aromatic rings. The maximum Gasteiger partial charge on any atom is 0.147 e. The lowest BCUT2D eigenvalue weighted by atomic mass is 9.74. The van der Waals surface area contributed by atoms with Gasteiger partial charge in [0.2, 0.25) is 0 Å². The van der Waals surface area contributed by atoms with Gasteiger partial charge in [-0.15, -0.1) is 0 Å². The molecule has 0 amide bonds. The summed E-state index contributed by atoms with van der Waals surface area (Å²) in [6.07, 6.45) is 5.58. The summed E-state index contributed by atoms with van der Waals surface area (Å²) in [7, 11) is 0. The Balaban J connectivity index is 1.70. The molecule has 0 saturated carbocycles. The molecule has 136 valence electrons. The van der Waals surface area contributed by atoms with Crippen molar-refractivity contribution in [3.63, 3.8) is 0 Å². The second-order valence-corrected chi connectivity index (χ2v) is 8.28. The van der Waals surface area contributed by atoms with Crippen LogP contribution in [0.4, 0.5) is 15.9 Å². The molecule has 3 heterocycles. The first kappa shape index (κ1) is 16.5. The highest BCUT2D eigenvalue weighted by molar-refractivity contribution is 6.31. The largest absolute Gasteiger partial charge is 0.325 e. The Morgan fingerprint density at radius 1 is 1.27 bits per heavy atom. The molecule has 0 unspecified atom stereocenters. The van der Waals surface area contributed by atoms with Crippen molar-refractivity contribution in [1.29, 1.82) is 0 Å². The molecule has 26 heavy (non-hydrogen) atoms. The molecule has 6 heteroatoms. The zero-order chi connectivity index (χ0) is 17.9. The van der Waals surface area contributed by atoms with E-state index in [2.05, 4.69) is 27.1 Å². The van der Waals surface area contributed by atoms with Crippen molar-refractivity contribution in [3.8, 4) is 0 Å². The second kappa shape index (κ2) is 5.89. The minimum absolute atomic E-state index is 0.199. The molecule has 3 aliphatic rings. The number of fused-ring (bicyclic) bond motifs is 3. The number of nitrogens with zero attached hydrogens (tertiary/aromatic N) is 3. The summed E-state index contributed by atoms with van der Waals surface area (Å²) in [6.45, 7) is 4.80. The van der Waals surface area contributed by atoms with Gasteiger partial charge >= 0.3 is 0 Å². The number of anilines is 2. The van der Waals surface area contributed by atoms with Gasteiger partial charge in [0.25, 0.3) is 0 Å². The lowest BCUT2D eigenvalue weighted by Gasteiger charge is -2.35. The highest BCUT2D eigenvalue weighted by atomic mass is 35.5. The first-order valence-corrected chi connectivity index (χ1v) is 9.79. The molecule has 4 nitrogen and oxygen atoms in total. The van der Waals surface area contributed by atoms with Crippen molar-refractivity contribution in [2.24, 2.45) is 0 Å². The van der Waals surface area contributed by atoms with Gasteiger partial charge in [-0.05, 0) is 56.8 Å². The highest BCUT2D eigenvalue weighted by Crippen LogP contribution is 2.52. The van der Waals surface area contributed by atoms with Gasteiger partial charge in [-0.3, -0.25) is 0 Å². The number of hydrogen-bond donors (Lipinski definition) is 1. The van der Waals surface area contributed by atoms with E-state index in [1.165, 1.54) is 5.56 Å². The van der Waals surface area contributed by atoms with Crippen LogP contribution in [0.2, 0.25) is 5.02 Å². The van der Waals surface area contributed by atoms with E-state index in [1.807, 2.05) is 6.07 Å². The van der Waals surface area contributed by atoms with Crippen LogP contribution in [-0.2, 0) is 11.8 Å². The summed E-state index contributed by atoms with van der Waals surface area (Å²) in [6, 6.07) is 3.64. The molecule has 5 rings (SSSR count). The van der Waals surface area contributed by atoms with Crippen molar-refractivity contribution >= 4 is 23.1 Å². The third-order valence-electron chi connectivity index (χ3n) is 6.42. The Kier molecular flexibility index (Phi) is 3.73. The topological polar surface area (TPSA) is 41.1 Å². The Morgan fingerprint density at radius 3 is 2.88 bits per heavy atom. The molecular weight excluding hydrogens is 351 g/mol. The van der Waals surface area contributed by atoms with Crippen LogP contribution in [0, 0.1) is 5.82 Å². The number of nitrogens with one attached hydrogen (secondary N) is 1. The maximum absolute atomic E-state index is 15.2. The first-order valence-electron chi connectivity index (χ1n) is 9.41. The first-order chi connectivity index (χ1) is 12.6. The number of halogens is 2. The zero-order valence-corrected chi connectivity index (χ0v) is 15.6. The second-order valence-electron chi connectivity index (χ2n) is 7.87. The average molecular weight is 373 g/mol. The monoisotopic (exact) mass is 372 g/mol. The van der Waals surface area contributed by atoms with Crippen LogP contribution < -0.4 is 10.2 Å². The minimum atomic E-state index is -0.257. The number of benzene rings is 1. The molecule has 0 bridgehead atoms. The van der Waals surface area contributed by atoms with E-state index in [1.54, 1.807) is 12.4 Å². The van der Waals surface area contributed by atoms with Crippen molar-refractivity contribution in [1.82, 2.24) is 15.3 Å². The van der Waals surface area contributed by atoms with Gasteiger partial charge in [0, 0.05) is 34.5 Å². The number of aryl methyl sites for hydroxylation is 1. The normalized spacial score (nSPS) is 23.3. The van der Waals surface area contributed by atoms with Gasteiger partial charge in [0.05, 0.1) is 5.02 Å². The molecule has 2 aliphatic heterocycles. The van der Waals surface area contributed by atoms with E-state index in [-0.39, 0.29) is 16.3 Å². The van der Waals surface area contributed by atoms with Crippen LogP contribution >= 0.6 is 11.6 Å². The third-order valence-corrected chi connectivity index (χ3v) is 6.72. The standard InChI is InChI=1S/C20H22ClFN4/c1-12-2-4-14-16(12)19(25-11-24-14)26-10-20(6-8-23-9-7-20)17-15(26)5-3-13(21)18(17)22/h3,5,11-12,23H,2,4,6-10H2,1H3/t12-/m1/s1. The van der Waals surface area contributed by atoms with E-state index >= 15 is 4.39 Å². The summed E-state index contributed by atoms with van der Waals surface area (Å²) < 4.78 is 15.2. The molecule has 1 N–H and O–H groups in total. The fraction of sp³-hybridized carbons (Fsp3) is 0.500. The Morgan fingerprint density at radius 2 is 2.08 bits per heavy atom. The molecule has 1 aliphatic carbocycles. The highest BCUT2D eigenvalue weighted by Gasteiger charge is 2.47. The lowest BCUT2D eigenvalue weighted by Crippen LogP contribution is -2.43. The minimum Gasteiger partial charge on any atom is -0.325 e. The Hall–Kier alpha value is -1.72. The molecule has 1 fully saturated rings. The zero-order valence-electron chi connectivity index (χ0n) is 14.9. The SMILES string of the molecule is C[C@@H]1CCc2ncnc(N3CC4(CCNCC4)c4c3ccc(Cl)c4F)c21. The molecule has 1 spiro atoms. The van der Waals surface area contributed by atoms with Gasteiger partial charge in [-0.25, -0.2) is 14.4 Å². The van der Waals surface area contributed by atoms with Crippen LogP contribution in [0.3, 0.4) is 0 Å². The van der Waals surface area contributed by atoms with Gasteiger partial charge in [-0.1, -0.05) is 18.5 Å². The molecule has 1 aromatic carbocycles. The summed E-state index contributed by atoms with van der Waals surface area (Å²) in [5, 5.41) is 3.62. The number of aromatic nitrogens is 2. The number of rotatable bonds is 1. The van der Waals surface area contributed by atoms with Crippen molar-refractivity contribution < 1.29 is 4.39 Å². The quantitative estimate of drug-likeness (QED) is 0.818. The van der Waals surface area contributed by atoms with Gasteiger partial charge in [-0.2, -0.15) is 0 Å². The predicted octanol–water partition coefficient (Wildman–Crippen LogP) is 4.09. The van der Waals surface area contributed by atoms with E-state index in [0.29, 0.717) is 5.92 Å². The number of hydrogen-bond acceptors (Lipinski definition) is 4. The molecule has 1 atom stereocenters. The van der Waals surface area contributed by atoms with Crippen LogP contribution in [0.5, 0.6) is 0 Å². The van der Waals surface area contributed by atoms with Crippen LogP contribution in [0.1, 0.15) is 48.9 Å². The predicted molar refractivity (Wildman–Crippen MR) is 101 cm³/mol. The van der Waals surface area contributed by atoms with Crippen molar-refractivity contribution in [2.45, 2.75) is 43.9 Å². The average Bonchev–Trinajstić information content (AvgIpc) is 3.18. The fourth-order valence-corrected chi connectivity index (χ4v) is 5.23. The molecule has 1 aromatic heterocycles. The van der Waals surface area contributed by atoms with E-state index in [4.69, 9.17) is 11.6 Å².